The second-order valence-corrected chi connectivity index (χ2v) is 6.84. The minimum absolute atomic E-state index is 0.220. The number of hydrogen-bond acceptors (Lipinski definition) is 4. The molecule has 4 nitrogen and oxygen atoms in total. The van der Waals surface area contributed by atoms with Crippen LogP contribution in [0.4, 0.5) is 0 Å². The molecule has 2 aromatic carbocycles. The Balaban J connectivity index is 2.47. The summed E-state index contributed by atoms with van der Waals surface area (Å²) < 4.78 is 4.89. The number of pyridine rings is 1. The zero-order chi connectivity index (χ0) is 18.1. The molecule has 1 heterocycles. The number of ether oxygens (including phenoxy) is 1. The Morgan fingerprint density at radius 2 is 1.92 bits per heavy atom. The van der Waals surface area contributed by atoms with Crippen molar-refractivity contribution in [1.82, 2.24) is 4.98 Å². The fraction of sp³-hybridized carbons (Fsp3) is 0.250. The number of halogens is 1. The fourth-order valence-corrected chi connectivity index (χ4v) is 3.09. The van der Waals surface area contributed by atoms with E-state index >= 15 is 0 Å². The topological polar surface area (TPSA) is 56.3 Å². The first kappa shape index (κ1) is 17.4. The molecular weight excluding hydrogens is 338 g/mol. The van der Waals surface area contributed by atoms with Gasteiger partial charge >= 0.3 is 5.97 Å². The lowest BCUT2D eigenvalue weighted by Gasteiger charge is -2.04. The zero-order valence-corrected chi connectivity index (χ0v) is 15.1. The Labute approximate surface area is 150 Å². The van der Waals surface area contributed by atoms with E-state index in [-0.39, 0.29) is 5.43 Å². The quantitative estimate of drug-likeness (QED) is 0.654. The average molecular weight is 356 g/mol. The van der Waals surface area contributed by atoms with Crippen LogP contribution in [0.1, 0.15) is 29.9 Å². The second-order valence-electron chi connectivity index (χ2n) is 6.41. The highest BCUT2D eigenvalue weighted by molar-refractivity contribution is 6.31. The van der Waals surface area contributed by atoms with E-state index in [4.69, 9.17) is 16.3 Å². The number of aromatic nitrogens is 1. The van der Waals surface area contributed by atoms with Crippen molar-refractivity contribution in [2.45, 2.75) is 20.3 Å². The molecule has 3 rings (SSSR count). The number of carbonyl (C=O) groups excluding carboxylic acids is 1. The molecule has 0 N–H and O–H groups in total. The van der Waals surface area contributed by atoms with Gasteiger partial charge in [-0.05, 0) is 42.7 Å². The number of carbonyl (C=O) groups is 1. The highest BCUT2D eigenvalue weighted by Crippen LogP contribution is 2.24. The van der Waals surface area contributed by atoms with Gasteiger partial charge in [0.05, 0.1) is 12.7 Å². The van der Waals surface area contributed by atoms with Crippen molar-refractivity contribution in [3.8, 4) is 0 Å². The van der Waals surface area contributed by atoms with Gasteiger partial charge in [-0.25, -0.2) is 9.78 Å². The van der Waals surface area contributed by atoms with Gasteiger partial charge in [0.15, 0.2) is 0 Å². The highest BCUT2D eigenvalue weighted by Gasteiger charge is 2.15. The predicted octanol–water partition coefficient (Wildman–Crippen LogP) is 4.39. The number of hydrogen-bond donors (Lipinski definition) is 0. The van der Waals surface area contributed by atoms with E-state index in [0.717, 1.165) is 12.1 Å². The van der Waals surface area contributed by atoms with E-state index < -0.39 is 5.97 Å². The number of benzene rings is 1. The zero-order valence-electron chi connectivity index (χ0n) is 14.3. The lowest BCUT2D eigenvalue weighted by molar-refractivity contribution is 0.0603. The van der Waals surface area contributed by atoms with Gasteiger partial charge in [0.1, 0.15) is 5.52 Å². The lowest BCUT2D eigenvalue weighted by atomic mass is 10.1. The van der Waals surface area contributed by atoms with Crippen molar-refractivity contribution in [2.24, 2.45) is 5.92 Å². The van der Waals surface area contributed by atoms with Crippen LogP contribution in [-0.2, 0) is 11.2 Å². The molecule has 25 heavy (non-hydrogen) atoms. The van der Waals surface area contributed by atoms with Gasteiger partial charge in [0, 0.05) is 26.9 Å². The Kier molecular flexibility index (Phi) is 4.73. The Morgan fingerprint density at radius 3 is 2.60 bits per heavy atom. The summed E-state index contributed by atoms with van der Waals surface area (Å²) in [6, 6.07) is 10.2. The van der Waals surface area contributed by atoms with Crippen LogP contribution in [0.5, 0.6) is 0 Å². The van der Waals surface area contributed by atoms with Crippen molar-refractivity contribution >= 4 is 39.2 Å². The molecular formula is C20H18ClNO3. The lowest BCUT2D eigenvalue weighted by Crippen LogP contribution is -2.04. The maximum absolute atomic E-state index is 13.0. The first-order chi connectivity index (χ1) is 11.9. The summed E-state index contributed by atoms with van der Waals surface area (Å²) in [5.41, 5.74) is 1.28. The molecule has 0 spiro atoms. The van der Waals surface area contributed by atoms with Crippen molar-refractivity contribution in [3.05, 3.63) is 62.9 Å². The molecule has 0 saturated heterocycles. The van der Waals surface area contributed by atoms with Crippen molar-refractivity contribution in [3.63, 3.8) is 0 Å². The summed E-state index contributed by atoms with van der Waals surface area (Å²) in [6.45, 7) is 4.20. The monoisotopic (exact) mass is 355 g/mol. The average Bonchev–Trinajstić information content (AvgIpc) is 2.69. The first-order valence-corrected chi connectivity index (χ1v) is 8.43. The molecule has 1 aromatic heterocycles. The van der Waals surface area contributed by atoms with Gasteiger partial charge in [0.2, 0.25) is 5.43 Å². The SMILES string of the molecule is COC(=O)c1cc2ccc(CC(C)C)nc2c(=O)c2ccc(Cl)cc12. The fourth-order valence-electron chi connectivity index (χ4n) is 2.92. The van der Waals surface area contributed by atoms with E-state index in [2.05, 4.69) is 18.8 Å². The van der Waals surface area contributed by atoms with E-state index in [1.54, 1.807) is 24.3 Å². The minimum atomic E-state index is -0.518. The smallest absolute Gasteiger partial charge is 0.338 e. The predicted molar refractivity (Wildman–Crippen MR) is 100 cm³/mol. The van der Waals surface area contributed by atoms with Crippen LogP contribution in [0.2, 0.25) is 5.02 Å². The van der Waals surface area contributed by atoms with Gasteiger partial charge < -0.3 is 4.74 Å². The number of fused-ring (bicyclic) bond motifs is 2. The third-order valence-corrected chi connectivity index (χ3v) is 4.27. The molecule has 0 aliphatic rings. The standard InChI is InChI=1S/C20H18ClNO3/c1-11(2)8-14-6-4-12-9-17(20(24)25-3)16-10-13(21)5-7-15(16)19(23)18(12)22-14/h4-7,9-11H,8H2,1-3H3. The third kappa shape index (κ3) is 3.35. The number of methoxy groups -OCH3 is 1. The van der Waals surface area contributed by atoms with Crippen LogP contribution in [0.25, 0.3) is 21.7 Å². The molecule has 128 valence electrons. The summed E-state index contributed by atoms with van der Waals surface area (Å²) in [7, 11) is 1.31. The summed E-state index contributed by atoms with van der Waals surface area (Å²) in [6.07, 6.45) is 0.779. The van der Waals surface area contributed by atoms with Crippen molar-refractivity contribution in [2.75, 3.05) is 7.11 Å². The summed E-state index contributed by atoms with van der Waals surface area (Å²) in [5.74, 6) is -0.0888. The Bertz CT molecular complexity index is 1040. The molecule has 0 aliphatic carbocycles. The third-order valence-electron chi connectivity index (χ3n) is 4.04. The highest BCUT2D eigenvalue weighted by atomic mass is 35.5. The maximum Gasteiger partial charge on any atom is 0.338 e. The Morgan fingerprint density at radius 1 is 1.16 bits per heavy atom. The molecule has 0 unspecified atom stereocenters. The van der Waals surface area contributed by atoms with Gasteiger partial charge in [0.25, 0.3) is 0 Å². The van der Waals surface area contributed by atoms with Crippen LogP contribution < -0.4 is 5.43 Å². The van der Waals surface area contributed by atoms with Crippen LogP contribution in [0.15, 0.2) is 41.2 Å². The number of nitrogens with zero attached hydrogens (tertiary/aromatic N) is 1. The molecule has 3 aromatic rings. The molecule has 0 amide bonds. The van der Waals surface area contributed by atoms with Crippen molar-refractivity contribution in [1.29, 1.82) is 0 Å². The molecule has 0 bridgehead atoms. The summed E-state index contributed by atoms with van der Waals surface area (Å²) in [5, 5.41) is 1.91. The second kappa shape index (κ2) is 6.81. The summed E-state index contributed by atoms with van der Waals surface area (Å²) >= 11 is 6.08. The molecule has 0 aliphatic heterocycles. The molecule has 0 atom stereocenters. The molecule has 5 heteroatoms. The van der Waals surface area contributed by atoms with Crippen molar-refractivity contribution < 1.29 is 9.53 Å². The van der Waals surface area contributed by atoms with Gasteiger partial charge in [-0.1, -0.05) is 31.5 Å². The normalized spacial score (nSPS) is 11.2. The van der Waals surface area contributed by atoms with E-state index in [0.29, 0.717) is 38.2 Å². The Hall–Kier alpha value is -2.46. The van der Waals surface area contributed by atoms with Crippen LogP contribution in [0, 0.1) is 5.92 Å². The van der Waals surface area contributed by atoms with Crippen LogP contribution >= 0.6 is 11.6 Å². The number of rotatable bonds is 3. The van der Waals surface area contributed by atoms with Crippen LogP contribution in [-0.4, -0.2) is 18.1 Å². The largest absolute Gasteiger partial charge is 0.465 e. The van der Waals surface area contributed by atoms with E-state index in [1.165, 1.54) is 7.11 Å². The number of esters is 1. The van der Waals surface area contributed by atoms with Gasteiger partial charge in [-0.3, -0.25) is 4.79 Å². The van der Waals surface area contributed by atoms with Gasteiger partial charge in [-0.15, -0.1) is 0 Å². The first-order valence-electron chi connectivity index (χ1n) is 8.05. The van der Waals surface area contributed by atoms with E-state index in [9.17, 15) is 9.59 Å². The maximum atomic E-state index is 13.0. The van der Waals surface area contributed by atoms with Gasteiger partial charge in [-0.2, -0.15) is 0 Å². The molecule has 0 saturated carbocycles. The van der Waals surface area contributed by atoms with Crippen LogP contribution in [0.3, 0.4) is 0 Å². The van der Waals surface area contributed by atoms with E-state index in [1.807, 2.05) is 12.1 Å². The minimum Gasteiger partial charge on any atom is -0.465 e. The molecule has 0 radical (unpaired) electrons. The molecule has 0 fully saturated rings. The summed E-state index contributed by atoms with van der Waals surface area (Å²) in [4.78, 5) is 29.9.